The molecule has 0 aliphatic carbocycles. The van der Waals surface area contributed by atoms with Crippen molar-refractivity contribution in [3.8, 4) is 0 Å². The number of aryl methyl sites for hydroxylation is 1. The molecule has 0 amide bonds. The zero-order valence-corrected chi connectivity index (χ0v) is 11.9. The first-order valence-corrected chi connectivity index (χ1v) is 8.50. The predicted octanol–water partition coefficient (Wildman–Crippen LogP) is 2.01. The largest absolute Gasteiger partial charge is 0.304 e. The minimum absolute atomic E-state index is 0.226. The van der Waals surface area contributed by atoms with Crippen molar-refractivity contribution < 1.29 is 8.42 Å². The second kappa shape index (κ2) is 4.63. The molecule has 1 fully saturated rings. The molecule has 1 unspecified atom stereocenters. The summed E-state index contributed by atoms with van der Waals surface area (Å²) in [7, 11) is -2.82. The highest BCUT2D eigenvalue weighted by atomic mass is 32.2. The zero-order valence-electron chi connectivity index (χ0n) is 11.0. The molecule has 0 saturated carbocycles. The summed E-state index contributed by atoms with van der Waals surface area (Å²) in [6.45, 7) is 2.05. The Morgan fingerprint density at radius 3 is 3.00 bits per heavy atom. The Hall–Kier alpha value is -1.36. The lowest BCUT2D eigenvalue weighted by molar-refractivity contribution is 0.480. The smallest absolute Gasteiger partial charge is 0.150 e. The summed E-state index contributed by atoms with van der Waals surface area (Å²) in [5.41, 5.74) is 3.08. The molecular formula is C14H18N2O2S. The van der Waals surface area contributed by atoms with Crippen LogP contribution in [0.1, 0.15) is 24.2 Å². The first-order chi connectivity index (χ1) is 9.03. The van der Waals surface area contributed by atoms with Crippen molar-refractivity contribution in [2.24, 2.45) is 5.92 Å². The highest BCUT2D eigenvalue weighted by Crippen LogP contribution is 2.22. The van der Waals surface area contributed by atoms with Crippen molar-refractivity contribution in [2.45, 2.75) is 26.2 Å². The normalized spacial score (nSPS) is 22.7. The van der Waals surface area contributed by atoms with Gasteiger partial charge in [-0.1, -0.05) is 6.07 Å². The summed E-state index contributed by atoms with van der Waals surface area (Å²) in [5, 5.41) is 0. The molecule has 1 aliphatic rings. The van der Waals surface area contributed by atoms with Crippen LogP contribution in [0, 0.1) is 12.8 Å². The fourth-order valence-electron chi connectivity index (χ4n) is 2.87. The van der Waals surface area contributed by atoms with E-state index in [1.54, 1.807) is 0 Å². The van der Waals surface area contributed by atoms with E-state index in [0.717, 1.165) is 36.3 Å². The standard InChI is InChI=1S/C14H18N2O2S/c1-11-4-2-6-14-15-13(9-16(11)14)8-12-5-3-7-19(17,18)10-12/h2,4,6,9,12H,3,5,7-8,10H2,1H3. The van der Waals surface area contributed by atoms with Gasteiger partial charge in [-0.2, -0.15) is 0 Å². The average Bonchev–Trinajstić information content (AvgIpc) is 2.71. The Labute approximate surface area is 113 Å². The van der Waals surface area contributed by atoms with Crippen LogP contribution in [0.3, 0.4) is 0 Å². The van der Waals surface area contributed by atoms with Crippen LogP contribution in [0.4, 0.5) is 0 Å². The van der Waals surface area contributed by atoms with Gasteiger partial charge in [0.05, 0.1) is 17.2 Å². The minimum atomic E-state index is -2.82. The van der Waals surface area contributed by atoms with E-state index in [2.05, 4.69) is 9.38 Å². The zero-order chi connectivity index (χ0) is 13.5. The molecule has 3 heterocycles. The van der Waals surface area contributed by atoms with Gasteiger partial charge in [-0.05, 0) is 44.2 Å². The topological polar surface area (TPSA) is 51.4 Å². The number of imidazole rings is 1. The number of nitrogens with zero attached hydrogens (tertiary/aromatic N) is 2. The van der Waals surface area contributed by atoms with Crippen molar-refractivity contribution >= 4 is 15.5 Å². The van der Waals surface area contributed by atoms with Gasteiger partial charge in [0.1, 0.15) is 5.65 Å². The lowest BCUT2D eigenvalue weighted by atomic mass is 10.00. The van der Waals surface area contributed by atoms with Gasteiger partial charge in [0.15, 0.2) is 9.84 Å². The SMILES string of the molecule is Cc1cccc2nc(CC3CCCS(=O)(=O)C3)cn12. The van der Waals surface area contributed by atoms with Gasteiger partial charge in [-0.25, -0.2) is 13.4 Å². The molecule has 3 rings (SSSR count). The minimum Gasteiger partial charge on any atom is -0.304 e. The van der Waals surface area contributed by atoms with Crippen LogP contribution in [-0.4, -0.2) is 29.3 Å². The summed E-state index contributed by atoms with van der Waals surface area (Å²) in [5.74, 6) is 0.900. The van der Waals surface area contributed by atoms with Crippen LogP contribution in [0.2, 0.25) is 0 Å². The molecule has 0 aromatic carbocycles. The lowest BCUT2D eigenvalue weighted by Crippen LogP contribution is -2.26. The van der Waals surface area contributed by atoms with Crippen molar-refractivity contribution in [3.63, 3.8) is 0 Å². The molecule has 1 atom stereocenters. The van der Waals surface area contributed by atoms with E-state index in [1.165, 1.54) is 0 Å². The van der Waals surface area contributed by atoms with Crippen molar-refractivity contribution in [1.82, 2.24) is 9.38 Å². The number of fused-ring (bicyclic) bond motifs is 1. The van der Waals surface area contributed by atoms with Gasteiger partial charge in [-0.3, -0.25) is 0 Å². The number of pyridine rings is 1. The quantitative estimate of drug-likeness (QED) is 0.844. The van der Waals surface area contributed by atoms with E-state index in [0.29, 0.717) is 11.5 Å². The third kappa shape index (κ3) is 2.66. The van der Waals surface area contributed by atoms with Gasteiger partial charge in [0.25, 0.3) is 0 Å². The van der Waals surface area contributed by atoms with Crippen molar-refractivity contribution in [2.75, 3.05) is 11.5 Å². The summed E-state index contributed by atoms with van der Waals surface area (Å²) in [6, 6.07) is 6.02. The van der Waals surface area contributed by atoms with Gasteiger partial charge < -0.3 is 4.40 Å². The number of rotatable bonds is 2. The molecule has 0 spiro atoms. The van der Waals surface area contributed by atoms with Gasteiger partial charge >= 0.3 is 0 Å². The van der Waals surface area contributed by atoms with E-state index in [9.17, 15) is 8.42 Å². The fraction of sp³-hybridized carbons (Fsp3) is 0.500. The van der Waals surface area contributed by atoms with E-state index in [-0.39, 0.29) is 5.92 Å². The van der Waals surface area contributed by atoms with E-state index < -0.39 is 9.84 Å². The molecule has 19 heavy (non-hydrogen) atoms. The number of sulfone groups is 1. The maximum atomic E-state index is 11.7. The van der Waals surface area contributed by atoms with Crippen LogP contribution in [0.25, 0.3) is 5.65 Å². The molecular weight excluding hydrogens is 260 g/mol. The molecule has 102 valence electrons. The fourth-order valence-corrected chi connectivity index (χ4v) is 4.65. The van der Waals surface area contributed by atoms with E-state index >= 15 is 0 Å². The van der Waals surface area contributed by atoms with E-state index in [4.69, 9.17) is 0 Å². The molecule has 1 saturated heterocycles. The summed E-state index contributed by atoms with van der Waals surface area (Å²) >= 11 is 0. The second-order valence-electron chi connectivity index (χ2n) is 5.45. The Morgan fingerprint density at radius 2 is 2.26 bits per heavy atom. The molecule has 2 aromatic rings. The van der Waals surface area contributed by atoms with Gasteiger partial charge in [-0.15, -0.1) is 0 Å². The number of aromatic nitrogens is 2. The van der Waals surface area contributed by atoms with Crippen molar-refractivity contribution in [1.29, 1.82) is 0 Å². The predicted molar refractivity (Wildman–Crippen MR) is 75.0 cm³/mol. The Morgan fingerprint density at radius 1 is 1.42 bits per heavy atom. The molecule has 4 nitrogen and oxygen atoms in total. The molecule has 0 N–H and O–H groups in total. The highest BCUT2D eigenvalue weighted by Gasteiger charge is 2.25. The molecule has 2 aromatic heterocycles. The first-order valence-electron chi connectivity index (χ1n) is 6.67. The first kappa shape index (κ1) is 12.7. The van der Waals surface area contributed by atoms with Crippen LogP contribution < -0.4 is 0 Å². The third-order valence-electron chi connectivity index (χ3n) is 3.80. The Balaban J connectivity index is 1.84. The van der Waals surface area contributed by atoms with E-state index in [1.807, 2.05) is 31.3 Å². The van der Waals surface area contributed by atoms with Crippen LogP contribution in [0.5, 0.6) is 0 Å². The lowest BCUT2D eigenvalue weighted by Gasteiger charge is -2.20. The highest BCUT2D eigenvalue weighted by molar-refractivity contribution is 7.91. The molecule has 0 radical (unpaired) electrons. The summed E-state index contributed by atoms with van der Waals surface area (Å²) < 4.78 is 25.4. The summed E-state index contributed by atoms with van der Waals surface area (Å²) in [6.07, 6.45) is 4.58. The Bertz CT molecular complexity index is 703. The monoisotopic (exact) mass is 278 g/mol. The van der Waals surface area contributed by atoms with Gasteiger partial charge in [0, 0.05) is 11.9 Å². The maximum absolute atomic E-state index is 11.7. The van der Waals surface area contributed by atoms with Crippen LogP contribution in [0.15, 0.2) is 24.4 Å². The second-order valence-corrected chi connectivity index (χ2v) is 7.68. The van der Waals surface area contributed by atoms with Crippen LogP contribution in [-0.2, 0) is 16.3 Å². The average molecular weight is 278 g/mol. The number of hydrogen-bond acceptors (Lipinski definition) is 3. The van der Waals surface area contributed by atoms with Crippen LogP contribution >= 0.6 is 0 Å². The number of hydrogen-bond donors (Lipinski definition) is 0. The third-order valence-corrected chi connectivity index (χ3v) is 5.69. The maximum Gasteiger partial charge on any atom is 0.150 e. The van der Waals surface area contributed by atoms with Gasteiger partial charge in [0.2, 0.25) is 0 Å². The molecule has 5 heteroatoms. The molecule has 1 aliphatic heterocycles. The molecule has 0 bridgehead atoms. The van der Waals surface area contributed by atoms with Crippen molar-refractivity contribution in [3.05, 3.63) is 35.8 Å². The summed E-state index contributed by atoms with van der Waals surface area (Å²) in [4.78, 5) is 4.58. The Kier molecular flexibility index (Phi) is 3.09.